The second-order valence-corrected chi connectivity index (χ2v) is 5.93. The van der Waals surface area contributed by atoms with Crippen LogP contribution in [0.15, 0.2) is 51.4 Å². The number of phenols is 1. The van der Waals surface area contributed by atoms with Crippen LogP contribution >= 0.6 is 15.9 Å². The van der Waals surface area contributed by atoms with Gasteiger partial charge in [0.2, 0.25) is 5.89 Å². The fraction of sp³-hybridized carbons (Fsp3) is 0.118. The van der Waals surface area contributed by atoms with Gasteiger partial charge in [-0.15, -0.1) is 10.2 Å². The number of aryl methyl sites for hydroxylation is 1. The minimum atomic E-state index is -0.656. The lowest BCUT2D eigenvalue weighted by Gasteiger charge is -2.05. The van der Waals surface area contributed by atoms with Crippen molar-refractivity contribution in [1.82, 2.24) is 10.2 Å². The first kappa shape index (κ1) is 16.2. The molecule has 1 heterocycles. The van der Waals surface area contributed by atoms with Gasteiger partial charge in [0, 0.05) is 4.47 Å². The lowest BCUT2D eigenvalue weighted by Crippen LogP contribution is -2.06. The summed E-state index contributed by atoms with van der Waals surface area (Å²) in [6.07, 6.45) is 0. The van der Waals surface area contributed by atoms with Crippen LogP contribution in [-0.2, 0) is 11.3 Å². The number of aromatic nitrogens is 2. The van der Waals surface area contributed by atoms with Crippen molar-refractivity contribution in [3.8, 4) is 17.2 Å². The fourth-order valence-corrected chi connectivity index (χ4v) is 2.53. The molecule has 6 nitrogen and oxygen atoms in total. The standard InChI is InChI=1S/C17H13BrN2O4/c1-10-6-7-14(21)12(8-10)17(22)23-9-15-19-20-16(24-15)11-4-2-3-5-13(11)18/h2-8,21H,9H2,1H3. The molecule has 1 N–H and O–H groups in total. The largest absolute Gasteiger partial charge is 0.507 e. The van der Waals surface area contributed by atoms with E-state index in [-0.39, 0.29) is 23.8 Å². The number of hydrogen-bond donors (Lipinski definition) is 1. The smallest absolute Gasteiger partial charge is 0.342 e. The molecule has 0 atom stereocenters. The third-order valence-corrected chi connectivity index (χ3v) is 3.96. The topological polar surface area (TPSA) is 85.5 Å². The highest BCUT2D eigenvalue weighted by molar-refractivity contribution is 9.10. The number of esters is 1. The van der Waals surface area contributed by atoms with Gasteiger partial charge in [-0.25, -0.2) is 4.79 Å². The van der Waals surface area contributed by atoms with E-state index in [4.69, 9.17) is 9.15 Å². The van der Waals surface area contributed by atoms with Crippen LogP contribution in [0, 0.1) is 6.92 Å². The molecule has 0 aliphatic carbocycles. The molecule has 0 radical (unpaired) electrons. The molecule has 0 unspecified atom stereocenters. The van der Waals surface area contributed by atoms with Crippen LogP contribution in [0.5, 0.6) is 5.75 Å². The van der Waals surface area contributed by atoms with Gasteiger partial charge in [0.1, 0.15) is 11.3 Å². The summed E-state index contributed by atoms with van der Waals surface area (Å²) >= 11 is 3.41. The number of nitrogens with zero attached hydrogens (tertiary/aromatic N) is 2. The van der Waals surface area contributed by atoms with Crippen LogP contribution < -0.4 is 0 Å². The molecule has 7 heteroatoms. The molecule has 0 aliphatic rings. The maximum absolute atomic E-state index is 12.0. The van der Waals surface area contributed by atoms with E-state index in [2.05, 4.69) is 26.1 Å². The van der Waals surface area contributed by atoms with E-state index in [0.29, 0.717) is 5.89 Å². The Morgan fingerprint density at radius 1 is 1.25 bits per heavy atom. The summed E-state index contributed by atoms with van der Waals surface area (Å²) < 4.78 is 11.4. The summed E-state index contributed by atoms with van der Waals surface area (Å²) in [6.45, 7) is 1.64. The van der Waals surface area contributed by atoms with Crippen molar-refractivity contribution in [1.29, 1.82) is 0 Å². The average Bonchev–Trinajstić information content (AvgIpc) is 3.04. The SMILES string of the molecule is Cc1ccc(O)c(C(=O)OCc2nnc(-c3ccccc3Br)o2)c1. The second-order valence-electron chi connectivity index (χ2n) is 5.08. The molecule has 2 aromatic carbocycles. The molecule has 3 rings (SSSR count). The molecule has 122 valence electrons. The van der Waals surface area contributed by atoms with Gasteiger partial charge in [-0.3, -0.25) is 0 Å². The Bertz CT molecular complexity index is 892. The van der Waals surface area contributed by atoms with Crippen LogP contribution in [0.3, 0.4) is 0 Å². The minimum Gasteiger partial charge on any atom is -0.507 e. The quantitative estimate of drug-likeness (QED) is 0.682. The number of aromatic hydroxyl groups is 1. The third kappa shape index (κ3) is 3.46. The maximum Gasteiger partial charge on any atom is 0.342 e. The highest BCUT2D eigenvalue weighted by Crippen LogP contribution is 2.27. The molecule has 1 aromatic heterocycles. The predicted molar refractivity (Wildman–Crippen MR) is 89.4 cm³/mol. The van der Waals surface area contributed by atoms with E-state index in [1.165, 1.54) is 6.07 Å². The van der Waals surface area contributed by atoms with Gasteiger partial charge in [-0.05, 0) is 47.1 Å². The molecule has 0 aliphatic heterocycles. The molecular weight excluding hydrogens is 376 g/mol. The molecule has 0 saturated heterocycles. The highest BCUT2D eigenvalue weighted by Gasteiger charge is 2.16. The number of ether oxygens (including phenoxy) is 1. The average molecular weight is 389 g/mol. The van der Waals surface area contributed by atoms with E-state index in [9.17, 15) is 9.90 Å². The molecule has 0 fully saturated rings. The number of carbonyl (C=O) groups is 1. The van der Waals surface area contributed by atoms with Crippen LogP contribution in [0.4, 0.5) is 0 Å². The first-order chi connectivity index (χ1) is 11.5. The van der Waals surface area contributed by atoms with Crippen molar-refractivity contribution in [2.24, 2.45) is 0 Å². The zero-order valence-electron chi connectivity index (χ0n) is 12.7. The normalized spacial score (nSPS) is 10.6. The van der Waals surface area contributed by atoms with Crippen LogP contribution in [0.2, 0.25) is 0 Å². The third-order valence-electron chi connectivity index (χ3n) is 3.27. The van der Waals surface area contributed by atoms with Crippen molar-refractivity contribution >= 4 is 21.9 Å². The number of hydrogen-bond acceptors (Lipinski definition) is 6. The molecule has 0 spiro atoms. The first-order valence-corrected chi connectivity index (χ1v) is 7.88. The van der Waals surface area contributed by atoms with Crippen LogP contribution in [0.25, 0.3) is 11.5 Å². The molecule has 0 saturated carbocycles. The Kier molecular flexibility index (Phi) is 4.61. The van der Waals surface area contributed by atoms with E-state index >= 15 is 0 Å². The lowest BCUT2D eigenvalue weighted by atomic mass is 10.1. The number of benzene rings is 2. The minimum absolute atomic E-state index is 0.0977. The van der Waals surface area contributed by atoms with Crippen molar-refractivity contribution in [2.45, 2.75) is 13.5 Å². The Labute approximate surface area is 146 Å². The zero-order chi connectivity index (χ0) is 17.1. The summed E-state index contributed by atoms with van der Waals surface area (Å²) in [6, 6.07) is 12.1. The molecule has 3 aromatic rings. The van der Waals surface area contributed by atoms with Crippen LogP contribution in [-0.4, -0.2) is 21.3 Å². The maximum atomic E-state index is 12.0. The Morgan fingerprint density at radius 3 is 2.83 bits per heavy atom. The van der Waals surface area contributed by atoms with Gasteiger partial charge >= 0.3 is 5.97 Å². The van der Waals surface area contributed by atoms with Gasteiger partial charge in [0.25, 0.3) is 5.89 Å². The van der Waals surface area contributed by atoms with Crippen molar-refractivity contribution < 1.29 is 19.1 Å². The van der Waals surface area contributed by atoms with E-state index in [1.807, 2.05) is 31.2 Å². The summed E-state index contributed by atoms with van der Waals surface area (Å²) in [5, 5.41) is 17.5. The molecule has 0 amide bonds. The lowest BCUT2D eigenvalue weighted by molar-refractivity contribution is 0.0435. The van der Waals surface area contributed by atoms with Gasteiger partial charge in [-0.1, -0.05) is 23.8 Å². The summed E-state index contributed by atoms with van der Waals surface area (Å²) in [4.78, 5) is 12.0. The van der Waals surface area contributed by atoms with Gasteiger partial charge in [0.05, 0.1) is 5.56 Å². The number of halogens is 1. The first-order valence-electron chi connectivity index (χ1n) is 7.08. The predicted octanol–water partition coefficient (Wildman–Crippen LogP) is 3.87. The summed E-state index contributed by atoms with van der Waals surface area (Å²) in [5.74, 6) is -0.296. The fourth-order valence-electron chi connectivity index (χ4n) is 2.07. The number of carbonyl (C=O) groups excluding carboxylic acids is 1. The van der Waals surface area contributed by atoms with E-state index in [1.54, 1.807) is 12.1 Å². The zero-order valence-corrected chi connectivity index (χ0v) is 14.3. The monoisotopic (exact) mass is 388 g/mol. The Hall–Kier alpha value is -2.67. The molecular formula is C17H13BrN2O4. The van der Waals surface area contributed by atoms with E-state index < -0.39 is 5.97 Å². The van der Waals surface area contributed by atoms with Gasteiger partial charge in [0.15, 0.2) is 6.61 Å². The second kappa shape index (κ2) is 6.84. The summed E-state index contributed by atoms with van der Waals surface area (Å²) in [5.41, 5.74) is 1.69. The molecule has 24 heavy (non-hydrogen) atoms. The van der Waals surface area contributed by atoms with Crippen molar-refractivity contribution in [3.05, 3.63) is 64.0 Å². The summed E-state index contributed by atoms with van der Waals surface area (Å²) in [7, 11) is 0. The number of rotatable bonds is 4. The van der Waals surface area contributed by atoms with E-state index in [0.717, 1.165) is 15.6 Å². The molecule has 0 bridgehead atoms. The van der Waals surface area contributed by atoms with Crippen LogP contribution in [0.1, 0.15) is 21.8 Å². The van der Waals surface area contributed by atoms with Gasteiger partial charge in [-0.2, -0.15) is 0 Å². The Morgan fingerprint density at radius 2 is 2.04 bits per heavy atom. The number of phenolic OH excluding ortho intramolecular Hbond substituents is 1. The Balaban J connectivity index is 1.71. The van der Waals surface area contributed by atoms with Gasteiger partial charge < -0.3 is 14.3 Å². The highest BCUT2D eigenvalue weighted by atomic mass is 79.9. The van der Waals surface area contributed by atoms with Crippen molar-refractivity contribution in [2.75, 3.05) is 0 Å². The van der Waals surface area contributed by atoms with Crippen molar-refractivity contribution in [3.63, 3.8) is 0 Å².